The van der Waals surface area contributed by atoms with Gasteiger partial charge in [0.25, 0.3) is 0 Å². The number of benzene rings is 3. The molecule has 2 aromatic heterocycles. The number of carbonyl (C=O) groups excluding carboxylic acids is 1. The predicted molar refractivity (Wildman–Crippen MR) is 128 cm³/mol. The number of imidazole rings is 1. The summed E-state index contributed by atoms with van der Waals surface area (Å²) in [4.78, 5) is 22.9. The predicted octanol–water partition coefficient (Wildman–Crippen LogP) is 5.42. The number of nitrogens with one attached hydrogen (secondary N) is 2. The van der Waals surface area contributed by atoms with Crippen LogP contribution in [0.25, 0.3) is 44.6 Å². The molecule has 0 bridgehead atoms. The molecule has 0 radical (unpaired) electrons. The fraction of sp³-hybridized carbons (Fsp3) is 0.192. The number of hydrogen-bond acceptors (Lipinski definition) is 3. The number of nitrogens with zero attached hydrogens (tertiary/aromatic N) is 3. The van der Waals surface area contributed by atoms with Crippen LogP contribution in [0.1, 0.15) is 26.3 Å². The molecular weight excluding hydrogens is 398 g/mol. The zero-order valence-electron chi connectivity index (χ0n) is 18.2. The van der Waals surface area contributed by atoms with Crippen molar-refractivity contribution in [1.29, 1.82) is 0 Å². The van der Waals surface area contributed by atoms with Gasteiger partial charge in [-0.15, -0.1) is 0 Å². The van der Waals surface area contributed by atoms with Gasteiger partial charge in [-0.25, -0.2) is 4.98 Å². The quantitative estimate of drug-likeness (QED) is 0.408. The molecule has 3 aromatic carbocycles. The van der Waals surface area contributed by atoms with Crippen molar-refractivity contribution in [1.82, 2.24) is 20.2 Å². The van der Waals surface area contributed by atoms with E-state index in [2.05, 4.69) is 45.5 Å². The molecule has 1 aliphatic heterocycles. The van der Waals surface area contributed by atoms with Crippen LogP contribution in [-0.4, -0.2) is 32.6 Å². The third-order valence-corrected chi connectivity index (χ3v) is 6.55. The number of aromatic amines is 2. The molecule has 6 rings (SSSR count). The Hall–Kier alpha value is -3.93. The van der Waals surface area contributed by atoms with Gasteiger partial charge in [0.1, 0.15) is 5.69 Å². The number of aromatic nitrogens is 4. The molecule has 5 aromatic rings. The first kappa shape index (κ1) is 18.8. The Morgan fingerprint density at radius 3 is 2.56 bits per heavy atom. The second-order valence-corrected chi connectivity index (χ2v) is 8.84. The molecule has 1 aliphatic rings. The van der Waals surface area contributed by atoms with Crippen LogP contribution < -0.4 is 4.90 Å². The first-order chi connectivity index (χ1) is 15.5. The number of carbonyl (C=O) groups is 1. The fourth-order valence-electron chi connectivity index (χ4n) is 4.77. The van der Waals surface area contributed by atoms with Crippen LogP contribution in [0.4, 0.5) is 5.69 Å². The van der Waals surface area contributed by atoms with E-state index in [4.69, 9.17) is 4.98 Å². The molecule has 6 nitrogen and oxygen atoms in total. The number of H-pyrrole nitrogens is 2. The number of likely N-dealkylation sites (N-methyl/N-ethyl adjacent to an activating group) is 1. The molecule has 0 aliphatic carbocycles. The van der Waals surface area contributed by atoms with Crippen molar-refractivity contribution in [2.75, 3.05) is 11.4 Å². The van der Waals surface area contributed by atoms with E-state index in [1.165, 1.54) is 5.56 Å². The zero-order chi connectivity index (χ0) is 22.0. The molecule has 0 atom stereocenters. The highest BCUT2D eigenvalue weighted by atomic mass is 16.2. The van der Waals surface area contributed by atoms with Gasteiger partial charge in [0.15, 0.2) is 5.82 Å². The molecule has 6 heteroatoms. The largest absolute Gasteiger partial charge is 0.337 e. The topological polar surface area (TPSA) is 77.7 Å². The van der Waals surface area contributed by atoms with E-state index in [0.717, 1.165) is 50.3 Å². The number of fused-ring (bicyclic) bond motifs is 3. The molecule has 0 fully saturated rings. The van der Waals surface area contributed by atoms with Crippen molar-refractivity contribution in [2.45, 2.75) is 26.2 Å². The Labute approximate surface area is 185 Å². The van der Waals surface area contributed by atoms with Crippen molar-refractivity contribution in [2.24, 2.45) is 0 Å². The van der Waals surface area contributed by atoms with E-state index < -0.39 is 5.41 Å². The van der Waals surface area contributed by atoms with Crippen molar-refractivity contribution >= 4 is 33.5 Å². The number of hydrogen-bond donors (Lipinski definition) is 2. The second kappa shape index (κ2) is 6.53. The minimum atomic E-state index is -0.550. The summed E-state index contributed by atoms with van der Waals surface area (Å²) < 4.78 is 0. The normalized spacial score (nSPS) is 15.1. The maximum atomic E-state index is 12.8. The van der Waals surface area contributed by atoms with E-state index >= 15 is 0 Å². The van der Waals surface area contributed by atoms with Gasteiger partial charge in [0, 0.05) is 11.9 Å². The van der Waals surface area contributed by atoms with Gasteiger partial charge in [-0.2, -0.15) is 5.10 Å². The van der Waals surface area contributed by atoms with Crippen LogP contribution in [0.5, 0.6) is 0 Å². The van der Waals surface area contributed by atoms with Crippen LogP contribution in [0.15, 0.2) is 60.7 Å². The van der Waals surface area contributed by atoms with E-state index in [0.29, 0.717) is 6.54 Å². The minimum Gasteiger partial charge on any atom is -0.337 e. The maximum absolute atomic E-state index is 12.8. The summed E-state index contributed by atoms with van der Waals surface area (Å²) in [5.74, 6) is 0.852. The van der Waals surface area contributed by atoms with Gasteiger partial charge >= 0.3 is 0 Å². The third-order valence-electron chi connectivity index (χ3n) is 6.55. The van der Waals surface area contributed by atoms with Crippen molar-refractivity contribution in [3.05, 3.63) is 66.2 Å². The Morgan fingerprint density at radius 2 is 1.78 bits per heavy atom. The maximum Gasteiger partial charge on any atom is 0.237 e. The first-order valence-corrected chi connectivity index (χ1v) is 10.9. The lowest BCUT2D eigenvalue weighted by atomic mass is 9.86. The summed E-state index contributed by atoms with van der Waals surface area (Å²) in [6, 6.07) is 20.7. The number of anilines is 1. The second-order valence-electron chi connectivity index (χ2n) is 8.84. The van der Waals surface area contributed by atoms with Crippen molar-refractivity contribution in [3.63, 3.8) is 0 Å². The molecule has 3 heterocycles. The molecule has 1 amide bonds. The number of rotatable bonds is 3. The van der Waals surface area contributed by atoms with Gasteiger partial charge in [0.2, 0.25) is 5.91 Å². The van der Waals surface area contributed by atoms with Crippen LogP contribution in [0, 0.1) is 0 Å². The lowest BCUT2D eigenvalue weighted by Crippen LogP contribution is -2.35. The van der Waals surface area contributed by atoms with E-state index in [9.17, 15) is 4.79 Å². The number of amides is 1. The molecule has 0 saturated carbocycles. The third kappa shape index (κ3) is 2.56. The Bertz CT molecular complexity index is 1510. The molecule has 0 unspecified atom stereocenters. The summed E-state index contributed by atoms with van der Waals surface area (Å²) in [6.07, 6.45) is 0. The highest BCUT2D eigenvalue weighted by Crippen LogP contribution is 2.43. The molecule has 0 spiro atoms. The van der Waals surface area contributed by atoms with Crippen LogP contribution in [0.2, 0.25) is 0 Å². The standard InChI is InChI=1S/C26H23N5O/c1-4-31-22-14-21-20(13-18(22)26(2,3)25(31)32)27-24(28-21)23-17-11-10-16(12-19(17)29-30-23)15-8-6-5-7-9-15/h5-14H,4H2,1-3H3,(H,27,28)(H,29,30). The van der Waals surface area contributed by atoms with Crippen LogP contribution >= 0.6 is 0 Å². The summed E-state index contributed by atoms with van der Waals surface area (Å²) in [5, 5.41) is 8.74. The summed E-state index contributed by atoms with van der Waals surface area (Å²) in [5.41, 5.74) is 7.24. The van der Waals surface area contributed by atoms with Crippen molar-refractivity contribution < 1.29 is 4.79 Å². The van der Waals surface area contributed by atoms with Crippen LogP contribution in [0.3, 0.4) is 0 Å². The average molecular weight is 422 g/mol. The molecule has 32 heavy (non-hydrogen) atoms. The lowest BCUT2D eigenvalue weighted by molar-refractivity contribution is -0.122. The van der Waals surface area contributed by atoms with E-state index in [-0.39, 0.29) is 5.91 Å². The van der Waals surface area contributed by atoms with Gasteiger partial charge < -0.3 is 9.88 Å². The van der Waals surface area contributed by atoms with Gasteiger partial charge in [-0.1, -0.05) is 36.4 Å². The summed E-state index contributed by atoms with van der Waals surface area (Å²) in [7, 11) is 0. The van der Waals surface area contributed by atoms with Crippen LogP contribution in [-0.2, 0) is 10.2 Å². The van der Waals surface area contributed by atoms with Gasteiger partial charge in [0.05, 0.1) is 27.7 Å². The lowest BCUT2D eigenvalue weighted by Gasteiger charge is -2.18. The van der Waals surface area contributed by atoms with E-state index in [1.54, 1.807) is 0 Å². The molecule has 0 saturated heterocycles. The Balaban J connectivity index is 1.46. The first-order valence-electron chi connectivity index (χ1n) is 10.9. The van der Waals surface area contributed by atoms with E-state index in [1.807, 2.05) is 56.0 Å². The molecule has 158 valence electrons. The van der Waals surface area contributed by atoms with Gasteiger partial charge in [-0.05, 0) is 61.7 Å². The molecule has 2 N–H and O–H groups in total. The monoisotopic (exact) mass is 421 g/mol. The SMILES string of the molecule is CCN1C(=O)C(C)(C)c2cc3nc(-c4n[nH]c5cc(-c6ccccc6)ccc45)[nH]c3cc21. The average Bonchev–Trinajstić information content (AvgIpc) is 3.46. The highest BCUT2D eigenvalue weighted by Gasteiger charge is 2.43. The zero-order valence-corrected chi connectivity index (χ0v) is 18.2. The summed E-state index contributed by atoms with van der Waals surface area (Å²) in [6.45, 7) is 6.62. The minimum absolute atomic E-state index is 0.135. The smallest absolute Gasteiger partial charge is 0.237 e. The highest BCUT2D eigenvalue weighted by molar-refractivity contribution is 6.09. The van der Waals surface area contributed by atoms with Crippen molar-refractivity contribution in [3.8, 4) is 22.6 Å². The Kier molecular flexibility index (Phi) is 3.84. The Morgan fingerprint density at radius 1 is 0.969 bits per heavy atom. The van der Waals surface area contributed by atoms with Gasteiger partial charge in [-0.3, -0.25) is 9.89 Å². The fourth-order valence-corrected chi connectivity index (χ4v) is 4.77. The molecular formula is C26H23N5O. The summed E-state index contributed by atoms with van der Waals surface area (Å²) >= 11 is 0.